The van der Waals surface area contributed by atoms with Crippen molar-refractivity contribution < 1.29 is 28.6 Å². The number of rotatable bonds is 8. The Hall–Kier alpha value is -3.08. The maximum Gasteiger partial charge on any atom is 0.329 e. The van der Waals surface area contributed by atoms with E-state index >= 15 is 0 Å². The standard InChI is InChI=1S/C22H21IN2O6/c1-3-30-19-11-15(6-9-18(19)31-13-14-4-7-16(23)8-5-14)10-17-21(27)25(22(28)24-17)12-20(26)29-2/h4-11H,3,12-13H2,1-2H3,(H,24,28)/b17-10+. The molecule has 8 nitrogen and oxygen atoms in total. The van der Waals surface area contributed by atoms with E-state index < -0.39 is 24.5 Å². The average molecular weight is 536 g/mol. The van der Waals surface area contributed by atoms with Gasteiger partial charge in [0.1, 0.15) is 18.8 Å². The maximum atomic E-state index is 12.4. The Kier molecular flexibility index (Phi) is 7.50. The van der Waals surface area contributed by atoms with E-state index in [1.807, 2.05) is 31.2 Å². The average Bonchev–Trinajstić information content (AvgIpc) is 3.01. The largest absolute Gasteiger partial charge is 0.490 e. The Morgan fingerprint density at radius 3 is 2.52 bits per heavy atom. The van der Waals surface area contributed by atoms with Crippen molar-refractivity contribution >= 4 is 46.6 Å². The number of imide groups is 1. The van der Waals surface area contributed by atoms with Crippen LogP contribution >= 0.6 is 22.6 Å². The number of methoxy groups -OCH3 is 1. The van der Waals surface area contributed by atoms with Crippen LogP contribution in [0.3, 0.4) is 0 Å². The van der Waals surface area contributed by atoms with Crippen LogP contribution in [0.25, 0.3) is 6.08 Å². The van der Waals surface area contributed by atoms with Gasteiger partial charge in [0.15, 0.2) is 11.5 Å². The molecule has 162 valence electrons. The van der Waals surface area contributed by atoms with E-state index in [9.17, 15) is 14.4 Å². The number of halogens is 1. The number of carbonyl (C=O) groups excluding carboxylic acids is 3. The Morgan fingerprint density at radius 1 is 1.10 bits per heavy atom. The molecule has 0 aromatic heterocycles. The molecule has 0 unspecified atom stereocenters. The molecule has 0 aliphatic carbocycles. The fourth-order valence-corrected chi connectivity index (χ4v) is 3.18. The highest BCUT2D eigenvalue weighted by Crippen LogP contribution is 2.30. The molecule has 0 saturated carbocycles. The number of hydrogen-bond donors (Lipinski definition) is 1. The van der Waals surface area contributed by atoms with Crippen LogP contribution in [0.1, 0.15) is 18.1 Å². The van der Waals surface area contributed by atoms with Gasteiger partial charge in [-0.15, -0.1) is 0 Å². The summed E-state index contributed by atoms with van der Waals surface area (Å²) in [5.41, 5.74) is 1.72. The molecule has 0 spiro atoms. The lowest BCUT2D eigenvalue weighted by molar-refractivity contribution is -0.143. The summed E-state index contributed by atoms with van der Waals surface area (Å²) in [5, 5.41) is 2.47. The van der Waals surface area contributed by atoms with Crippen molar-refractivity contribution in [1.82, 2.24) is 10.2 Å². The molecule has 1 saturated heterocycles. The van der Waals surface area contributed by atoms with E-state index in [1.54, 1.807) is 18.2 Å². The van der Waals surface area contributed by atoms with Gasteiger partial charge in [0.2, 0.25) is 0 Å². The van der Waals surface area contributed by atoms with Crippen LogP contribution in [-0.4, -0.2) is 43.1 Å². The summed E-state index contributed by atoms with van der Waals surface area (Å²) in [7, 11) is 1.19. The van der Waals surface area contributed by atoms with Gasteiger partial charge in [-0.3, -0.25) is 9.59 Å². The van der Waals surface area contributed by atoms with Gasteiger partial charge in [0.25, 0.3) is 5.91 Å². The molecule has 0 radical (unpaired) electrons. The molecule has 31 heavy (non-hydrogen) atoms. The minimum atomic E-state index is -0.682. The lowest BCUT2D eigenvalue weighted by Gasteiger charge is -2.13. The minimum Gasteiger partial charge on any atom is -0.490 e. The van der Waals surface area contributed by atoms with Crippen molar-refractivity contribution in [3.05, 3.63) is 62.9 Å². The molecule has 3 rings (SSSR count). The van der Waals surface area contributed by atoms with Gasteiger partial charge in [0, 0.05) is 3.57 Å². The molecule has 1 aliphatic rings. The highest BCUT2D eigenvalue weighted by atomic mass is 127. The third kappa shape index (κ3) is 5.75. The van der Waals surface area contributed by atoms with E-state index in [0.717, 1.165) is 14.0 Å². The monoisotopic (exact) mass is 536 g/mol. The van der Waals surface area contributed by atoms with Crippen LogP contribution in [0.4, 0.5) is 4.79 Å². The summed E-state index contributed by atoms with van der Waals surface area (Å²) in [5.74, 6) is -0.201. The van der Waals surface area contributed by atoms with E-state index in [2.05, 4.69) is 32.6 Å². The second kappa shape index (κ2) is 10.3. The second-order valence-corrected chi connectivity index (χ2v) is 7.76. The molecular formula is C22H21IN2O6. The minimum absolute atomic E-state index is 0.0592. The number of benzene rings is 2. The van der Waals surface area contributed by atoms with Crippen LogP contribution in [0.5, 0.6) is 11.5 Å². The molecule has 9 heteroatoms. The third-order valence-electron chi connectivity index (χ3n) is 4.36. The molecule has 0 atom stereocenters. The molecule has 1 aliphatic heterocycles. The van der Waals surface area contributed by atoms with Crippen LogP contribution < -0.4 is 14.8 Å². The van der Waals surface area contributed by atoms with Gasteiger partial charge in [-0.2, -0.15) is 0 Å². The quantitative estimate of drug-likeness (QED) is 0.241. The van der Waals surface area contributed by atoms with Gasteiger partial charge >= 0.3 is 12.0 Å². The van der Waals surface area contributed by atoms with Crippen molar-refractivity contribution in [3.8, 4) is 11.5 Å². The summed E-state index contributed by atoms with van der Waals surface area (Å²) >= 11 is 2.25. The van der Waals surface area contributed by atoms with Crippen molar-refractivity contribution in [1.29, 1.82) is 0 Å². The van der Waals surface area contributed by atoms with E-state index in [0.29, 0.717) is 30.3 Å². The first kappa shape index (κ1) is 22.6. The molecule has 1 N–H and O–H groups in total. The summed E-state index contributed by atoms with van der Waals surface area (Å²) < 4.78 is 17.3. The fraction of sp³-hybridized carbons (Fsp3) is 0.227. The first-order valence-electron chi connectivity index (χ1n) is 9.46. The van der Waals surface area contributed by atoms with Crippen molar-refractivity contribution in [2.45, 2.75) is 13.5 Å². The third-order valence-corrected chi connectivity index (χ3v) is 5.08. The Balaban J connectivity index is 1.77. The number of amides is 3. The Morgan fingerprint density at radius 2 is 1.84 bits per heavy atom. The topological polar surface area (TPSA) is 94.2 Å². The lowest BCUT2D eigenvalue weighted by atomic mass is 10.1. The van der Waals surface area contributed by atoms with Crippen LogP contribution in [0, 0.1) is 3.57 Å². The summed E-state index contributed by atoms with van der Waals surface area (Å²) in [6.07, 6.45) is 1.52. The van der Waals surface area contributed by atoms with Crippen molar-refractivity contribution in [2.75, 3.05) is 20.3 Å². The molecule has 2 aromatic carbocycles. The zero-order chi connectivity index (χ0) is 22.4. The van der Waals surface area contributed by atoms with Crippen LogP contribution in [-0.2, 0) is 20.9 Å². The Bertz CT molecular complexity index is 1020. The van der Waals surface area contributed by atoms with Gasteiger partial charge < -0.3 is 19.5 Å². The summed E-state index contributed by atoms with van der Waals surface area (Å²) in [6, 6.07) is 12.6. The summed E-state index contributed by atoms with van der Waals surface area (Å²) in [6.45, 7) is 2.23. The SMILES string of the molecule is CCOc1cc(/C=C2/NC(=O)N(CC(=O)OC)C2=O)ccc1OCc1ccc(I)cc1. The Labute approximate surface area is 193 Å². The highest BCUT2D eigenvalue weighted by molar-refractivity contribution is 14.1. The number of esters is 1. The molecule has 1 heterocycles. The van der Waals surface area contributed by atoms with Gasteiger partial charge in [0.05, 0.1) is 13.7 Å². The second-order valence-electron chi connectivity index (χ2n) is 6.51. The molecule has 2 aromatic rings. The van der Waals surface area contributed by atoms with Crippen molar-refractivity contribution in [2.24, 2.45) is 0 Å². The predicted molar refractivity (Wildman–Crippen MR) is 121 cm³/mol. The number of hydrogen-bond acceptors (Lipinski definition) is 6. The highest BCUT2D eigenvalue weighted by Gasteiger charge is 2.35. The van der Waals surface area contributed by atoms with Gasteiger partial charge in [-0.1, -0.05) is 18.2 Å². The molecular weight excluding hydrogens is 515 g/mol. The number of urea groups is 1. The van der Waals surface area contributed by atoms with E-state index in [4.69, 9.17) is 9.47 Å². The zero-order valence-corrected chi connectivity index (χ0v) is 19.2. The molecule has 1 fully saturated rings. The number of carbonyl (C=O) groups is 3. The maximum absolute atomic E-state index is 12.4. The number of nitrogens with one attached hydrogen (secondary N) is 1. The molecule has 3 amide bonds. The zero-order valence-electron chi connectivity index (χ0n) is 17.0. The van der Waals surface area contributed by atoms with Crippen LogP contribution in [0.15, 0.2) is 48.2 Å². The van der Waals surface area contributed by atoms with Crippen molar-refractivity contribution in [3.63, 3.8) is 0 Å². The fourth-order valence-electron chi connectivity index (χ4n) is 2.82. The first-order chi connectivity index (χ1) is 14.9. The normalized spacial score (nSPS) is 14.5. The van der Waals surface area contributed by atoms with E-state index in [-0.39, 0.29) is 5.70 Å². The summed E-state index contributed by atoms with van der Waals surface area (Å²) in [4.78, 5) is 36.6. The first-order valence-corrected chi connectivity index (χ1v) is 10.5. The number of ether oxygens (including phenoxy) is 3. The van der Waals surface area contributed by atoms with E-state index in [1.165, 1.54) is 13.2 Å². The predicted octanol–water partition coefficient (Wildman–Crippen LogP) is 3.33. The van der Waals surface area contributed by atoms with Crippen LogP contribution in [0.2, 0.25) is 0 Å². The molecule has 0 bridgehead atoms. The van der Waals surface area contributed by atoms with Gasteiger partial charge in [-0.25, -0.2) is 9.69 Å². The smallest absolute Gasteiger partial charge is 0.329 e. The lowest BCUT2D eigenvalue weighted by Crippen LogP contribution is -2.36. The van der Waals surface area contributed by atoms with Gasteiger partial charge in [-0.05, 0) is 71.0 Å². The number of nitrogens with zero attached hydrogens (tertiary/aromatic N) is 1.